The molecule has 0 spiro atoms. The molecule has 0 heterocycles. The summed E-state index contributed by atoms with van der Waals surface area (Å²) in [6, 6.07) is 15.3. The van der Waals surface area contributed by atoms with Crippen LogP contribution in [0.15, 0.2) is 48.5 Å². The van der Waals surface area contributed by atoms with Crippen molar-refractivity contribution in [2.75, 3.05) is 25.0 Å². The summed E-state index contributed by atoms with van der Waals surface area (Å²) >= 11 is 0. The molecule has 2 aromatic carbocycles. The van der Waals surface area contributed by atoms with Gasteiger partial charge in [-0.1, -0.05) is 44.2 Å². The van der Waals surface area contributed by atoms with Gasteiger partial charge in [-0.25, -0.2) is 0 Å². The molecule has 1 saturated carbocycles. The highest BCUT2D eigenvalue weighted by molar-refractivity contribution is 5.95. The molecule has 7 nitrogen and oxygen atoms in total. The maximum absolute atomic E-state index is 12.7. The van der Waals surface area contributed by atoms with E-state index in [0.717, 1.165) is 32.4 Å². The molecule has 3 rings (SSSR count). The van der Waals surface area contributed by atoms with Crippen molar-refractivity contribution in [1.82, 2.24) is 10.2 Å². The summed E-state index contributed by atoms with van der Waals surface area (Å²) in [7, 11) is 0. The summed E-state index contributed by atoms with van der Waals surface area (Å²) in [5.74, 6) is -0.290. The topological polar surface area (TPSA) is 87.5 Å². The molecule has 7 heteroatoms. The molecule has 0 bridgehead atoms. The van der Waals surface area contributed by atoms with Crippen LogP contribution in [0.5, 0.6) is 0 Å². The first-order valence-electron chi connectivity index (χ1n) is 10.6. The molecule has 1 amide bonds. The van der Waals surface area contributed by atoms with E-state index in [1.807, 2.05) is 18.2 Å². The van der Waals surface area contributed by atoms with Crippen molar-refractivity contribution in [3.63, 3.8) is 0 Å². The zero-order valence-corrected chi connectivity index (χ0v) is 17.6. The van der Waals surface area contributed by atoms with Crippen LogP contribution < -0.4 is 10.6 Å². The molecule has 0 saturated heterocycles. The Morgan fingerprint density at radius 3 is 2.47 bits per heavy atom. The molecular weight excluding hydrogens is 380 g/mol. The average molecular weight is 411 g/mol. The van der Waals surface area contributed by atoms with Gasteiger partial charge in [-0.15, -0.1) is 0 Å². The van der Waals surface area contributed by atoms with Crippen molar-refractivity contribution in [3.05, 3.63) is 69.8 Å². The second-order valence-electron chi connectivity index (χ2n) is 7.68. The number of rotatable bonds is 11. The summed E-state index contributed by atoms with van der Waals surface area (Å²) in [4.78, 5) is 26.1. The fourth-order valence-corrected chi connectivity index (χ4v) is 3.66. The van der Waals surface area contributed by atoms with Gasteiger partial charge in [0.2, 0.25) is 0 Å². The number of nitro benzene ring substituents is 1. The minimum atomic E-state index is -0.435. The molecule has 1 atom stereocenters. The molecule has 1 unspecified atom stereocenters. The number of hydrogen-bond acceptors (Lipinski definition) is 5. The minimum absolute atomic E-state index is 0.0564. The molecule has 1 fully saturated rings. The first-order valence-corrected chi connectivity index (χ1v) is 10.6. The molecule has 0 aromatic heterocycles. The molecule has 2 aromatic rings. The lowest BCUT2D eigenvalue weighted by Crippen LogP contribution is -2.45. The number of carbonyl (C=O) groups is 1. The van der Waals surface area contributed by atoms with E-state index >= 15 is 0 Å². The fraction of sp³-hybridized carbons (Fsp3) is 0.435. The number of nitrogens with one attached hydrogen (secondary N) is 2. The normalized spacial score (nSPS) is 14.4. The Hall–Kier alpha value is -2.93. The summed E-state index contributed by atoms with van der Waals surface area (Å²) < 4.78 is 0. The maximum Gasteiger partial charge on any atom is 0.293 e. The Kier molecular flexibility index (Phi) is 7.41. The Bertz CT molecular complexity index is 864. The van der Waals surface area contributed by atoms with Crippen molar-refractivity contribution in [1.29, 1.82) is 0 Å². The molecule has 2 N–H and O–H groups in total. The van der Waals surface area contributed by atoms with Crippen LogP contribution in [0.4, 0.5) is 11.4 Å². The van der Waals surface area contributed by atoms with Crippen molar-refractivity contribution in [2.45, 2.75) is 45.2 Å². The second-order valence-corrected chi connectivity index (χ2v) is 7.68. The van der Waals surface area contributed by atoms with Crippen LogP contribution in [-0.4, -0.2) is 47.4 Å². The number of likely N-dealkylation sites (N-methyl/N-ethyl adjacent to an activating group) is 1. The molecule has 160 valence electrons. The van der Waals surface area contributed by atoms with Crippen LogP contribution in [0, 0.1) is 10.1 Å². The highest BCUT2D eigenvalue weighted by Crippen LogP contribution is 2.31. The molecule has 0 aliphatic heterocycles. The molecule has 1 aliphatic carbocycles. The van der Waals surface area contributed by atoms with Gasteiger partial charge < -0.3 is 10.6 Å². The van der Waals surface area contributed by atoms with E-state index < -0.39 is 4.92 Å². The van der Waals surface area contributed by atoms with Crippen LogP contribution in [0.2, 0.25) is 0 Å². The number of nitro groups is 1. The molecule has 1 aliphatic rings. The van der Waals surface area contributed by atoms with Gasteiger partial charge in [0.25, 0.3) is 11.6 Å². The summed E-state index contributed by atoms with van der Waals surface area (Å²) in [6.45, 7) is 6.47. The number of anilines is 1. The Balaban J connectivity index is 1.69. The maximum atomic E-state index is 12.7. The van der Waals surface area contributed by atoms with E-state index in [-0.39, 0.29) is 17.6 Å². The Labute approximate surface area is 177 Å². The van der Waals surface area contributed by atoms with Gasteiger partial charge in [-0.2, -0.15) is 0 Å². The van der Waals surface area contributed by atoms with E-state index in [1.54, 1.807) is 12.1 Å². The third-order valence-corrected chi connectivity index (χ3v) is 5.53. The van der Waals surface area contributed by atoms with Crippen molar-refractivity contribution < 1.29 is 9.72 Å². The van der Waals surface area contributed by atoms with Gasteiger partial charge in [0.1, 0.15) is 5.69 Å². The van der Waals surface area contributed by atoms with Crippen molar-refractivity contribution in [3.8, 4) is 0 Å². The molecular formula is C23H30N4O3. The van der Waals surface area contributed by atoms with Crippen LogP contribution in [0.3, 0.4) is 0 Å². The average Bonchev–Trinajstić information content (AvgIpc) is 3.57. The van der Waals surface area contributed by atoms with Crippen LogP contribution in [-0.2, 0) is 6.42 Å². The van der Waals surface area contributed by atoms with Gasteiger partial charge in [-0.3, -0.25) is 19.8 Å². The standard InChI is InChI=1S/C23H30N4O3/c1-3-26(4-2)20(14-17-8-6-5-7-9-17)16-24-23(28)18-10-13-21(25-19-11-12-19)22(15-18)27(29)30/h5-10,13,15,19-20,25H,3-4,11-12,14,16H2,1-2H3,(H,24,28). The Morgan fingerprint density at radius 1 is 1.17 bits per heavy atom. The van der Waals surface area contributed by atoms with Gasteiger partial charge in [0.15, 0.2) is 0 Å². The van der Waals surface area contributed by atoms with Gasteiger partial charge in [-0.05, 0) is 50.0 Å². The lowest BCUT2D eigenvalue weighted by molar-refractivity contribution is -0.384. The number of amides is 1. The van der Waals surface area contributed by atoms with Gasteiger partial charge in [0, 0.05) is 30.3 Å². The van der Waals surface area contributed by atoms with Gasteiger partial charge in [0.05, 0.1) is 4.92 Å². The van der Waals surface area contributed by atoms with E-state index in [2.05, 4.69) is 41.5 Å². The van der Waals surface area contributed by atoms with Gasteiger partial charge >= 0.3 is 0 Å². The predicted octanol–water partition coefficient (Wildman–Crippen LogP) is 3.85. The lowest BCUT2D eigenvalue weighted by Gasteiger charge is -2.30. The fourth-order valence-electron chi connectivity index (χ4n) is 3.66. The quantitative estimate of drug-likeness (QED) is 0.434. The van der Waals surface area contributed by atoms with Crippen LogP contribution in [0.25, 0.3) is 0 Å². The number of benzene rings is 2. The predicted molar refractivity (Wildman–Crippen MR) is 119 cm³/mol. The highest BCUT2D eigenvalue weighted by Gasteiger charge is 2.26. The van der Waals surface area contributed by atoms with E-state index in [9.17, 15) is 14.9 Å². The third-order valence-electron chi connectivity index (χ3n) is 5.53. The van der Waals surface area contributed by atoms with Crippen LogP contribution >= 0.6 is 0 Å². The Morgan fingerprint density at radius 2 is 1.87 bits per heavy atom. The van der Waals surface area contributed by atoms with E-state index in [4.69, 9.17) is 0 Å². The van der Waals surface area contributed by atoms with Crippen molar-refractivity contribution in [2.24, 2.45) is 0 Å². The van der Waals surface area contributed by atoms with Crippen molar-refractivity contribution >= 4 is 17.3 Å². The first kappa shape index (κ1) is 21.8. The lowest BCUT2D eigenvalue weighted by atomic mass is 10.0. The smallest absolute Gasteiger partial charge is 0.293 e. The third kappa shape index (κ3) is 5.79. The largest absolute Gasteiger partial charge is 0.377 e. The summed E-state index contributed by atoms with van der Waals surface area (Å²) in [5, 5.41) is 17.6. The summed E-state index contributed by atoms with van der Waals surface area (Å²) in [6.07, 6.45) is 2.87. The molecule has 30 heavy (non-hydrogen) atoms. The minimum Gasteiger partial charge on any atom is -0.377 e. The number of nitrogens with zero attached hydrogens (tertiary/aromatic N) is 2. The highest BCUT2D eigenvalue weighted by atomic mass is 16.6. The van der Waals surface area contributed by atoms with E-state index in [0.29, 0.717) is 23.8 Å². The summed E-state index contributed by atoms with van der Waals surface area (Å²) in [5.41, 5.74) is 1.94. The number of carbonyl (C=O) groups excluding carboxylic acids is 1. The van der Waals surface area contributed by atoms with Crippen LogP contribution in [0.1, 0.15) is 42.6 Å². The van der Waals surface area contributed by atoms with E-state index in [1.165, 1.54) is 11.6 Å². The second kappa shape index (κ2) is 10.2. The number of hydrogen-bond donors (Lipinski definition) is 2. The zero-order valence-electron chi connectivity index (χ0n) is 17.6. The molecule has 0 radical (unpaired) electrons. The monoisotopic (exact) mass is 410 g/mol. The first-order chi connectivity index (χ1) is 14.5. The SMILES string of the molecule is CCN(CC)C(CNC(=O)c1ccc(NC2CC2)c([N+](=O)[O-])c1)Cc1ccccc1. The zero-order chi connectivity index (χ0) is 21.5.